The molecule has 0 unspecified atom stereocenters. The molecule has 2 rings (SSSR count). The minimum atomic E-state index is -3.50. The highest BCUT2D eigenvalue weighted by Crippen LogP contribution is 2.28. The maximum Gasteiger partial charge on any atom is 0.248 e. The minimum Gasteiger partial charge on any atom is -0.493 e. The molecule has 2 aromatic rings. The Kier molecular flexibility index (Phi) is 7.19. The number of amides is 1. The SMILES string of the molecule is CCOc1cc(/C=C/C(=O)Nc2ccc(S(=O)(=O)N(C)C)cc2)ccc1OC. The molecule has 28 heavy (non-hydrogen) atoms. The van der Waals surface area contributed by atoms with Crippen LogP contribution >= 0.6 is 0 Å². The lowest BCUT2D eigenvalue weighted by Crippen LogP contribution is -2.22. The number of rotatable bonds is 8. The number of carbonyl (C=O) groups excluding carboxylic acids is 1. The quantitative estimate of drug-likeness (QED) is 0.684. The van der Waals surface area contributed by atoms with Crippen LogP contribution in [-0.2, 0) is 14.8 Å². The molecule has 0 aliphatic heterocycles. The zero-order valence-electron chi connectivity index (χ0n) is 16.3. The Morgan fingerprint density at radius 1 is 1.11 bits per heavy atom. The van der Waals surface area contributed by atoms with Crippen LogP contribution in [0.2, 0.25) is 0 Å². The van der Waals surface area contributed by atoms with E-state index in [0.717, 1.165) is 9.87 Å². The van der Waals surface area contributed by atoms with E-state index in [1.807, 2.05) is 13.0 Å². The molecule has 1 N–H and O–H groups in total. The summed E-state index contributed by atoms with van der Waals surface area (Å²) in [5, 5.41) is 2.69. The lowest BCUT2D eigenvalue weighted by molar-refractivity contribution is -0.111. The van der Waals surface area contributed by atoms with E-state index in [9.17, 15) is 13.2 Å². The minimum absolute atomic E-state index is 0.160. The number of carbonyl (C=O) groups is 1. The van der Waals surface area contributed by atoms with E-state index in [-0.39, 0.29) is 10.8 Å². The summed E-state index contributed by atoms with van der Waals surface area (Å²) in [4.78, 5) is 12.3. The molecule has 0 aliphatic rings. The van der Waals surface area contributed by atoms with Gasteiger partial charge in [-0.05, 0) is 55.0 Å². The molecule has 2 aromatic carbocycles. The second-order valence-corrected chi connectivity index (χ2v) is 8.13. The van der Waals surface area contributed by atoms with Gasteiger partial charge >= 0.3 is 0 Å². The Labute approximate surface area is 165 Å². The standard InChI is InChI=1S/C20H24N2O5S/c1-5-27-19-14-15(6-12-18(19)26-4)7-13-20(23)21-16-8-10-17(11-9-16)28(24,25)22(2)3/h6-14H,5H2,1-4H3,(H,21,23)/b13-7+. The van der Waals surface area contributed by atoms with Crippen LogP contribution in [0.15, 0.2) is 53.4 Å². The fraction of sp³-hybridized carbons (Fsp3) is 0.250. The Hall–Kier alpha value is -2.84. The first-order valence-corrected chi connectivity index (χ1v) is 10.0. The summed E-state index contributed by atoms with van der Waals surface area (Å²) in [5.41, 5.74) is 1.28. The summed E-state index contributed by atoms with van der Waals surface area (Å²) in [6.45, 7) is 2.38. The number of anilines is 1. The van der Waals surface area contributed by atoms with E-state index in [2.05, 4.69) is 5.32 Å². The van der Waals surface area contributed by atoms with Crippen molar-refractivity contribution in [3.63, 3.8) is 0 Å². The van der Waals surface area contributed by atoms with Crippen LogP contribution in [0, 0.1) is 0 Å². The second kappa shape index (κ2) is 9.38. The molecule has 0 aromatic heterocycles. The van der Waals surface area contributed by atoms with Crippen LogP contribution in [0.1, 0.15) is 12.5 Å². The van der Waals surface area contributed by atoms with Gasteiger partial charge in [-0.3, -0.25) is 4.79 Å². The van der Waals surface area contributed by atoms with E-state index >= 15 is 0 Å². The Morgan fingerprint density at radius 3 is 2.36 bits per heavy atom. The van der Waals surface area contributed by atoms with Crippen molar-refractivity contribution in [2.45, 2.75) is 11.8 Å². The normalized spacial score (nSPS) is 11.6. The molecule has 0 aliphatic carbocycles. The maximum absolute atomic E-state index is 12.1. The first kappa shape index (κ1) is 21.5. The van der Waals surface area contributed by atoms with Gasteiger partial charge in [0.2, 0.25) is 15.9 Å². The topological polar surface area (TPSA) is 84.9 Å². The number of hydrogen-bond donors (Lipinski definition) is 1. The summed E-state index contributed by atoms with van der Waals surface area (Å²) in [5.74, 6) is 0.887. The van der Waals surface area contributed by atoms with Crippen molar-refractivity contribution in [3.05, 3.63) is 54.1 Å². The lowest BCUT2D eigenvalue weighted by atomic mass is 10.2. The van der Waals surface area contributed by atoms with Crippen LogP contribution in [0.25, 0.3) is 6.08 Å². The molecule has 0 saturated carbocycles. The largest absolute Gasteiger partial charge is 0.493 e. The van der Waals surface area contributed by atoms with Crippen LogP contribution < -0.4 is 14.8 Å². The number of sulfonamides is 1. The van der Waals surface area contributed by atoms with Crippen molar-refractivity contribution in [3.8, 4) is 11.5 Å². The monoisotopic (exact) mass is 404 g/mol. The highest BCUT2D eigenvalue weighted by atomic mass is 32.2. The molecule has 7 nitrogen and oxygen atoms in total. The fourth-order valence-corrected chi connectivity index (χ4v) is 3.24. The van der Waals surface area contributed by atoms with Crippen LogP contribution in [0.4, 0.5) is 5.69 Å². The maximum atomic E-state index is 12.1. The Bertz CT molecular complexity index is 951. The van der Waals surface area contributed by atoms with Gasteiger partial charge < -0.3 is 14.8 Å². The van der Waals surface area contributed by atoms with E-state index in [1.54, 1.807) is 37.5 Å². The number of nitrogens with one attached hydrogen (secondary N) is 1. The first-order chi connectivity index (χ1) is 13.3. The smallest absolute Gasteiger partial charge is 0.248 e. The average molecular weight is 404 g/mol. The van der Waals surface area contributed by atoms with Crippen molar-refractivity contribution < 1.29 is 22.7 Å². The summed E-state index contributed by atoms with van der Waals surface area (Å²) < 4.78 is 36.0. The molecule has 0 heterocycles. The molecule has 0 spiro atoms. The molecule has 150 valence electrons. The van der Waals surface area contributed by atoms with E-state index in [0.29, 0.717) is 23.8 Å². The molecule has 1 amide bonds. The van der Waals surface area contributed by atoms with Gasteiger partial charge in [0.25, 0.3) is 0 Å². The Balaban J connectivity index is 2.07. The lowest BCUT2D eigenvalue weighted by Gasteiger charge is -2.11. The predicted molar refractivity (Wildman–Crippen MR) is 109 cm³/mol. The summed E-state index contributed by atoms with van der Waals surface area (Å²) in [6, 6.07) is 11.4. The van der Waals surface area contributed by atoms with Crippen molar-refractivity contribution in [2.75, 3.05) is 33.1 Å². The van der Waals surface area contributed by atoms with E-state index in [4.69, 9.17) is 9.47 Å². The first-order valence-electron chi connectivity index (χ1n) is 8.60. The third kappa shape index (κ3) is 5.34. The summed E-state index contributed by atoms with van der Waals surface area (Å²) >= 11 is 0. The van der Waals surface area contributed by atoms with Gasteiger partial charge in [0, 0.05) is 25.9 Å². The molecule has 0 atom stereocenters. The van der Waals surface area contributed by atoms with Gasteiger partial charge in [-0.15, -0.1) is 0 Å². The number of nitrogens with zero attached hydrogens (tertiary/aromatic N) is 1. The van der Waals surface area contributed by atoms with Crippen LogP contribution in [0.5, 0.6) is 11.5 Å². The zero-order valence-corrected chi connectivity index (χ0v) is 17.1. The average Bonchev–Trinajstić information content (AvgIpc) is 2.67. The van der Waals surface area contributed by atoms with Crippen molar-refractivity contribution in [2.24, 2.45) is 0 Å². The molecule has 0 fully saturated rings. The molecule has 0 bridgehead atoms. The van der Waals surface area contributed by atoms with Crippen molar-refractivity contribution in [1.82, 2.24) is 4.31 Å². The van der Waals surface area contributed by atoms with Gasteiger partial charge in [0.1, 0.15) is 0 Å². The third-order valence-electron chi connectivity index (χ3n) is 3.82. The zero-order chi connectivity index (χ0) is 20.7. The second-order valence-electron chi connectivity index (χ2n) is 5.98. The van der Waals surface area contributed by atoms with E-state index in [1.165, 1.54) is 32.3 Å². The van der Waals surface area contributed by atoms with Crippen molar-refractivity contribution in [1.29, 1.82) is 0 Å². The number of benzene rings is 2. The number of methoxy groups -OCH3 is 1. The van der Waals surface area contributed by atoms with Crippen LogP contribution in [0.3, 0.4) is 0 Å². The van der Waals surface area contributed by atoms with Gasteiger partial charge in [-0.2, -0.15) is 0 Å². The molecular formula is C20H24N2O5S. The highest BCUT2D eigenvalue weighted by Gasteiger charge is 2.16. The number of hydrogen-bond acceptors (Lipinski definition) is 5. The molecule has 0 radical (unpaired) electrons. The van der Waals surface area contributed by atoms with E-state index < -0.39 is 10.0 Å². The van der Waals surface area contributed by atoms with Crippen molar-refractivity contribution >= 4 is 27.7 Å². The van der Waals surface area contributed by atoms with Crippen LogP contribution in [-0.4, -0.2) is 46.4 Å². The fourth-order valence-electron chi connectivity index (χ4n) is 2.34. The highest BCUT2D eigenvalue weighted by molar-refractivity contribution is 7.89. The summed E-state index contributed by atoms with van der Waals surface area (Å²) in [6.07, 6.45) is 3.05. The number of ether oxygens (including phenoxy) is 2. The van der Waals surface area contributed by atoms with Gasteiger partial charge in [0.15, 0.2) is 11.5 Å². The predicted octanol–water partition coefficient (Wildman–Crippen LogP) is 3.00. The van der Waals surface area contributed by atoms with Gasteiger partial charge in [-0.1, -0.05) is 6.07 Å². The molecular weight excluding hydrogens is 380 g/mol. The van der Waals surface area contributed by atoms with Gasteiger partial charge in [0.05, 0.1) is 18.6 Å². The van der Waals surface area contributed by atoms with Gasteiger partial charge in [-0.25, -0.2) is 12.7 Å². The molecule has 0 saturated heterocycles. The summed E-state index contributed by atoms with van der Waals surface area (Å²) in [7, 11) is 0.995. The Morgan fingerprint density at radius 2 is 1.79 bits per heavy atom. The molecule has 8 heteroatoms. The third-order valence-corrected chi connectivity index (χ3v) is 5.64.